The molecule has 1 rings (SSSR count). The molecular formula is C20H38N4O4S3. The van der Waals surface area contributed by atoms with E-state index in [0.717, 1.165) is 0 Å². The number of hydrogen-bond acceptors (Lipinski definition) is 9. The van der Waals surface area contributed by atoms with Gasteiger partial charge in [0.05, 0.1) is 19.0 Å². The maximum atomic E-state index is 13.5. The standard InChI is InChI=1S/C20H38N4O4S3/c1-12(2)15(22-9-13(21)10-29)18(26)24-11-31-20(3,4)16(24)17(25)23-14(7-8-30-6)19(27)28-5/h12-16,22,29H,7-11,21H2,1-6H3,(H,23,25)/t13-,14+,15+,16-/m1/s1. The fraction of sp³-hybridized carbons (Fsp3) is 0.850. The predicted octanol–water partition coefficient (Wildman–Crippen LogP) is 0.949. The van der Waals surface area contributed by atoms with Crippen LogP contribution in [0.5, 0.6) is 0 Å². The topological polar surface area (TPSA) is 114 Å². The van der Waals surface area contributed by atoms with Crippen LogP contribution in [0, 0.1) is 5.92 Å². The van der Waals surface area contributed by atoms with Gasteiger partial charge in [0.1, 0.15) is 12.1 Å². The summed E-state index contributed by atoms with van der Waals surface area (Å²) in [5.74, 6) is 0.673. The van der Waals surface area contributed by atoms with Crippen molar-refractivity contribution >= 4 is 53.9 Å². The van der Waals surface area contributed by atoms with Crippen LogP contribution in [0.4, 0.5) is 0 Å². The lowest BCUT2D eigenvalue weighted by Gasteiger charge is -2.34. The van der Waals surface area contributed by atoms with Crippen molar-refractivity contribution in [1.29, 1.82) is 0 Å². The molecule has 0 aromatic heterocycles. The third-order valence-corrected chi connectivity index (χ3v) is 7.74. The Labute approximate surface area is 200 Å². The van der Waals surface area contributed by atoms with Gasteiger partial charge in [-0.05, 0) is 38.2 Å². The number of nitrogens with zero attached hydrogens (tertiary/aromatic N) is 1. The molecule has 8 nitrogen and oxygen atoms in total. The summed E-state index contributed by atoms with van der Waals surface area (Å²) in [7, 11) is 1.31. The first-order chi connectivity index (χ1) is 14.5. The van der Waals surface area contributed by atoms with E-state index in [-0.39, 0.29) is 23.8 Å². The smallest absolute Gasteiger partial charge is 0.328 e. The highest BCUT2D eigenvalue weighted by Gasteiger charge is 2.49. The highest BCUT2D eigenvalue weighted by atomic mass is 32.2. The van der Waals surface area contributed by atoms with Gasteiger partial charge in [0.2, 0.25) is 11.8 Å². The average Bonchev–Trinajstić information content (AvgIpc) is 3.04. The molecule has 0 saturated carbocycles. The molecule has 0 bridgehead atoms. The molecule has 31 heavy (non-hydrogen) atoms. The van der Waals surface area contributed by atoms with Crippen LogP contribution < -0.4 is 16.4 Å². The zero-order chi connectivity index (χ0) is 23.8. The highest BCUT2D eigenvalue weighted by molar-refractivity contribution is 8.00. The van der Waals surface area contributed by atoms with Crippen molar-refractivity contribution in [3.8, 4) is 0 Å². The quantitative estimate of drug-likeness (QED) is 0.234. The fourth-order valence-corrected chi connectivity index (χ4v) is 5.16. The second-order valence-electron chi connectivity index (χ2n) is 8.53. The molecule has 0 aliphatic carbocycles. The van der Waals surface area contributed by atoms with Gasteiger partial charge in [-0.3, -0.25) is 9.59 Å². The van der Waals surface area contributed by atoms with Crippen molar-refractivity contribution in [1.82, 2.24) is 15.5 Å². The number of thioether (sulfide) groups is 2. The number of hydrogen-bond donors (Lipinski definition) is 4. The van der Waals surface area contributed by atoms with Crippen molar-refractivity contribution in [3.05, 3.63) is 0 Å². The average molecular weight is 495 g/mol. The van der Waals surface area contributed by atoms with Gasteiger partial charge in [-0.25, -0.2) is 4.79 Å². The molecule has 0 aromatic rings. The van der Waals surface area contributed by atoms with Crippen LogP contribution in [0.15, 0.2) is 0 Å². The molecule has 1 heterocycles. The Morgan fingerprint density at radius 3 is 2.52 bits per heavy atom. The van der Waals surface area contributed by atoms with E-state index in [1.54, 1.807) is 28.4 Å². The lowest BCUT2D eigenvalue weighted by molar-refractivity contribution is -0.147. The van der Waals surface area contributed by atoms with E-state index in [9.17, 15) is 14.4 Å². The minimum absolute atomic E-state index is 0.0152. The van der Waals surface area contributed by atoms with Gasteiger partial charge in [-0.15, -0.1) is 11.8 Å². The summed E-state index contributed by atoms with van der Waals surface area (Å²) < 4.78 is 4.36. The molecule has 1 aliphatic rings. The monoisotopic (exact) mass is 494 g/mol. The summed E-state index contributed by atoms with van der Waals surface area (Å²) >= 11 is 7.33. The number of amides is 2. The molecule has 0 aromatic carbocycles. The molecule has 4 N–H and O–H groups in total. The maximum Gasteiger partial charge on any atom is 0.328 e. The molecule has 1 aliphatic heterocycles. The lowest BCUT2D eigenvalue weighted by Crippen LogP contribution is -2.60. The molecule has 0 spiro atoms. The molecule has 180 valence electrons. The Morgan fingerprint density at radius 2 is 2.00 bits per heavy atom. The first kappa shape index (κ1) is 28.4. The van der Waals surface area contributed by atoms with Crippen LogP contribution >= 0.6 is 36.2 Å². The Bertz CT molecular complexity index is 621. The first-order valence-corrected chi connectivity index (χ1v) is 13.4. The van der Waals surface area contributed by atoms with E-state index in [1.807, 2.05) is 34.0 Å². The summed E-state index contributed by atoms with van der Waals surface area (Å²) in [6.07, 6.45) is 2.40. The molecule has 1 saturated heterocycles. The number of methoxy groups -OCH3 is 1. The summed E-state index contributed by atoms with van der Waals surface area (Å²) in [6, 6.07) is -2.08. The number of thiol groups is 1. The summed E-state index contributed by atoms with van der Waals surface area (Å²) in [6.45, 7) is 8.26. The second-order valence-corrected chi connectivity index (χ2v) is 11.5. The number of nitrogens with one attached hydrogen (secondary N) is 2. The number of esters is 1. The molecule has 1 fully saturated rings. The number of nitrogens with two attached hydrogens (primary N) is 1. The van der Waals surface area contributed by atoms with Gasteiger partial charge in [0.15, 0.2) is 0 Å². The van der Waals surface area contributed by atoms with Crippen molar-refractivity contribution in [3.63, 3.8) is 0 Å². The first-order valence-electron chi connectivity index (χ1n) is 10.4. The van der Waals surface area contributed by atoms with E-state index in [4.69, 9.17) is 10.5 Å². The highest BCUT2D eigenvalue weighted by Crippen LogP contribution is 2.40. The third kappa shape index (κ3) is 8.03. The molecule has 0 radical (unpaired) electrons. The third-order valence-electron chi connectivity index (χ3n) is 5.26. The number of carbonyl (C=O) groups excluding carboxylic acids is 3. The van der Waals surface area contributed by atoms with Crippen LogP contribution in [0.25, 0.3) is 0 Å². The molecule has 4 atom stereocenters. The van der Waals surface area contributed by atoms with E-state index >= 15 is 0 Å². The van der Waals surface area contributed by atoms with Crippen molar-refractivity contribution in [2.75, 3.05) is 37.3 Å². The SMILES string of the molecule is COC(=O)[C@H](CCSC)NC(=O)[C@H]1N(C(=O)[C@@H](NC[C@@H](N)CS)C(C)C)CSC1(C)C. The largest absolute Gasteiger partial charge is 0.467 e. The molecule has 0 unspecified atom stereocenters. The van der Waals surface area contributed by atoms with Crippen LogP contribution in [0.3, 0.4) is 0 Å². The molecule has 11 heteroatoms. The van der Waals surface area contributed by atoms with Crippen molar-refractivity contribution in [2.45, 2.75) is 63.0 Å². The second kappa shape index (κ2) is 13.2. The van der Waals surface area contributed by atoms with E-state index in [0.29, 0.717) is 30.3 Å². The number of ether oxygens (including phenoxy) is 1. The Balaban J connectivity index is 3.05. The van der Waals surface area contributed by atoms with Crippen LogP contribution in [-0.4, -0.2) is 88.9 Å². The molecular weight excluding hydrogens is 456 g/mol. The zero-order valence-corrected chi connectivity index (χ0v) is 21.9. The van der Waals surface area contributed by atoms with Gasteiger partial charge in [0, 0.05) is 23.1 Å². The van der Waals surface area contributed by atoms with Gasteiger partial charge in [0.25, 0.3) is 0 Å². The zero-order valence-electron chi connectivity index (χ0n) is 19.3. The van der Waals surface area contributed by atoms with Gasteiger partial charge >= 0.3 is 5.97 Å². The van der Waals surface area contributed by atoms with Crippen LogP contribution in [0.2, 0.25) is 0 Å². The van der Waals surface area contributed by atoms with Gasteiger partial charge in [-0.2, -0.15) is 24.4 Å². The predicted molar refractivity (Wildman–Crippen MR) is 133 cm³/mol. The van der Waals surface area contributed by atoms with Crippen molar-refractivity contribution in [2.24, 2.45) is 11.7 Å². The summed E-state index contributed by atoms with van der Waals surface area (Å²) in [5, 5.41) is 6.07. The Morgan fingerprint density at radius 1 is 1.35 bits per heavy atom. The number of carbonyl (C=O) groups is 3. The summed E-state index contributed by atoms with van der Waals surface area (Å²) in [5.41, 5.74) is 5.95. The Hall–Kier alpha value is -0.620. The van der Waals surface area contributed by atoms with Crippen LogP contribution in [-0.2, 0) is 19.1 Å². The summed E-state index contributed by atoms with van der Waals surface area (Å²) in [4.78, 5) is 40.5. The van der Waals surface area contributed by atoms with Gasteiger partial charge in [-0.1, -0.05) is 13.8 Å². The number of rotatable bonds is 12. The van der Waals surface area contributed by atoms with E-state index in [1.165, 1.54) is 7.11 Å². The Kier molecular flexibility index (Phi) is 12.1. The normalized spacial score (nSPS) is 20.9. The van der Waals surface area contributed by atoms with E-state index < -0.39 is 28.8 Å². The molecule has 2 amide bonds. The minimum Gasteiger partial charge on any atom is -0.467 e. The van der Waals surface area contributed by atoms with E-state index in [2.05, 4.69) is 23.3 Å². The maximum absolute atomic E-state index is 13.5. The van der Waals surface area contributed by atoms with Crippen LogP contribution in [0.1, 0.15) is 34.1 Å². The van der Waals surface area contributed by atoms with Crippen molar-refractivity contribution < 1.29 is 19.1 Å². The minimum atomic E-state index is -0.740. The lowest BCUT2D eigenvalue weighted by atomic mass is 9.97. The van der Waals surface area contributed by atoms with Gasteiger partial charge < -0.3 is 26.0 Å². The fourth-order valence-electron chi connectivity index (χ4n) is 3.42.